The molecule has 0 amide bonds. The van der Waals surface area contributed by atoms with Gasteiger partial charge in [0.25, 0.3) is 10.0 Å². The molecule has 28 heavy (non-hydrogen) atoms. The summed E-state index contributed by atoms with van der Waals surface area (Å²) in [6.45, 7) is 1.07. The molecule has 0 unspecified atom stereocenters. The fraction of sp³-hybridized carbons (Fsp3) is 0.300. The summed E-state index contributed by atoms with van der Waals surface area (Å²) in [5.41, 5.74) is 0.623. The van der Waals surface area contributed by atoms with E-state index in [2.05, 4.69) is 4.40 Å². The van der Waals surface area contributed by atoms with Gasteiger partial charge >= 0.3 is 5.97 Å². The van der Waals surface area contributed by atoms with Crippen molar-refractivity contribution in [1.29, 1.82) is 0 Å². The molecule has 146 valence electrons. The van der Waals surface area contributed by atoms with Crippen LogP contribution in [0, 0.1) is 5.92 Å². The molecule has 0 aromatic heterocycles. The topological polar surface area (TPSA) is 85.3 Å². The first-order valence-electron chi connectivity index (χ1n) is 9.03. The van der Waals surface area contributed by atoms with Gasteiger partial charge in [-0.1, -0.05) is 24.3 Å². The van der Waals surface area contributed by atoms with Crippen molar-refractivity contribution in [3.63, 3.8) is 0 Å². The van der Waals surface area contributed by atoms with Crippen LogP contribution < -0.4 is 9.47 Å². The maximum absolute atomic E-state index is 12.5. The molecule has 1 fully saturated rings. The van der Waals surface area contributed by atoms with Gasteiger partial charge in [-0.25, -0.2) is 0 Å². The largest absolute Gasteiger partial charge is 0.493 e. The number of carbonyl (C=O) groups excluding carboxylic acids is 1. The Kier molecular flexibility index (Phi) is 4.80. The molecule has 2 aromatic carbocycles. The first-order chi connectivity index (χ1) is 13.5. The Bertz CT molecular complexity index is 1040. The highest BCUT2D eigenvalue weighted by Crippen LogP contribution is 2.31. The number of hydrogen-bond acceptors (Lipinski definition) is 6. The number of sulfonamides is 1. The molecule has 7 nitrogen and oxygen atoms in total. The predicted octanol–water partition coefficient (Wildman–Crippen LogP) is 2.46. The average molecular weight is 400 g/mol. The minimum atomic E-state index is -3.64. The molecule has 4 rings (SSSR count). The number of benzene rings is 2. The van der Waals surface area contributed by atoms with Gasteiger partial charge in [-0.15, -0.1) is 4.40 Å². The summed E-state index contributed by atoms with van der Waals surface area (Å²) < 4.78 is 39.2. The predicted molar refractivity (Wildman–Crippen MR) is 103 cm³/mol. The van der Waals surface area contributed by atoms with E-state index in [0.29, 0.717) is 48.8 Å². The number of carbonyl (C=O) groups is 1. The van der Waals surface area contributed by atoms with Gasteiger partial charge < -0.3 is 14.4 Å². The molecule has 0 spiro atoms. The van der Waals surface area contributed by atoms with Crippen molar-refractivity contribution < 1.29 is 22.7 Å². The number of ether oxygens (including phenoxy) is 2. The highest BCUT2D eigenvalue weighted by molar-refractivity contribution is 7.90. The first kappa shape index (κ1) is 18.5. The molecule has 0 saturated carbocycles. The number of fused-ring (bicyclic) bond motifs is 1. The molecule has 0 bridgehead atoms. The maximum atomic E-state index is 12.5. The molecule has 0 N–H and O–H groups in total. The van der Waals surface area contributed by atoms with Crippen LogP contribution >= 0.6 is 0 Å². The summed E-state index contributed by atoms with van der Waals surface area (Å²) in [6, 6.07) is 13.8. The van der Waals surface area contributed by atoms with Crippen LogP contribution in [0.3, 0.4) is 0 Å². The van der Waals surface area contributed by atoms with Gasteiger partial charge in [-0.3, -0.25) is 4.79 Å². The molecule has 1 saturated heterocycles. The quantitative estimate of drug-likeness (QED) is 0.581. The van der Waals surface area contributed by atoms with Gasteiger partial charge in [0, 0.05) is 18.7 Å². The monoisotopic (exact) mass is 400 g/mol. The molecular weight excluding hydrogens is 380 g/mol. The molecular formula is C20H20N2O5S. The second-order valence-electron chi connectivity index (χ2n) is 6.72. The minimum absolute atomic E-state index is 0.239. The molecule has 8 heteroatoms. The average Bonchev–Trinajstić information content (AvgIpc) is 3.00. The van der Waals surface area contributed by atoms with Gasteiger partial charge in [0.05, 0.1) is 13.0 Å². The summed E-state index contributed by atoms with van der Waals surface area (Å²) in [5.74, 6) is 0.820. The van der Waals surface area contributed by atoms with Crippen molar-refractivity contribution in [1.82, 2.24) is 4.90 Å². The second kappa shape index (κ2) is 7.27. The van der Waals surface area contributed by atoms with Gasteiger partial charge in [0.15, 0.2) is 17.3 Å². The Morgan fingerprint density at radius 2 is 1.68 bits per heavy atom. The second-order valence-corrected chi connectivity index (χ2v) is 8.29. The number of amidine groups is 1. The lowest BCUT2D eigenvalue weighted by atomic mass is 9.96. The minimum Gasteiger partial charge on any atom is -0.493 e. The van der Waals surface area contributed by atoms with Crippen LogP contribution in [0.2, 0.25) is 0 Å². The number of esters is 1. The molecule has 2 aliphatic heterocycles. The van der Waals surface area contributed by atoms with Gasteiger partial charge in [0.2, 0.25) is 0 Å². The van der Waals surface area contributed by atoms with E-state index >= 15 is 0 Å². The van der Waals surface area contributed by atoms with Crippen LogP contribution in [-0.2, 0) is 14.8 Å². The third-order valence-corrected chi connectivity index (χ3v) is 6.35. The van der Waals surface area contributed by atoms with Crippen LogP contribution in [0.15, 0.2) is 57.8 Å². The van der Waals surface area contributed by atoms with E-state index in [-0.39, 0.29) is 16.8 Å². The summed E-state index contributed by atoms with van der Waals surface area (Å²) >= 11 is 0. The molecule has 2 aromatic rings. The number of methoxy groups -OCH3 is 1. The zero-order valence-corrected chi connectivity index (χ0v) is 16.2. The zero-order chi connectivity index (χ0) is 19.7. The standard InChI is InChI=1S/C20H20N2O5S/c1-26-16-7-3-4-8-17(16)27-20(23)14-10-12-22(13-11-14)19-15-6-2-5-9-18(15)28(24,25)21-19/h2-9,14H,10-13H2,1H3. The molecule has 0 atom stereocenters. The smallest absolute Gasteiger partial charge is 0.314 e. The van der Waals surface area contributed by atoms with Crippen LogP contribution in [0.4, 0.5) is 0 Å². The molecule has 0 aliphatic carbocycles. The highest BCUT2D eigenvalue weighted by atomic mass is 32.2. The zero-order valence-electron chi connectivity index (χ0n) is 15.4. The number of para-hydroxylation sites is 2. The summed E-state index contributed by atoms with van der Waals surface area (Å²) in [5, 5.41) is 0. The highest BCUT2D eigenvalue weighted by Gasteiger charge is 2.35. The molecule has 2 aliphatic rings. The fourth-order valence-corrected chi connectivity index (χ4v) is 4.77. The number of hydrogen-bond donors (Lipinski definition) is 0. The lowest BCUT2D eigenvalue weighted by molar-refractivity contribution is -0.140. The summed E-state index contributed by atoms with van der Waals surface area (Å²) in [4.78, 5) is 14.7. The molecule has 2 heterocycles. The van der Waals surface area contributed by atoms with Crippen LogP contribution in [0.5, 0.6) is 11.5 Å². The van der Waals surface area contributed by atoms with Crippen molar-refractivity contribution in [2.24, 2.45) is 10.3 Å². The normalized spacial score (nSPS) is 18.3. The Balaban J connectivity index is 1.44. The van der Waals surface area contributed by atoms with Crippen molar-refractivity contribution in [2.45, 2.75) is 17.7 Å². The third kappa shape index (κ3) is 3.35. The van der Waals surface area contributed by atoms with E-state index in [4.69, 9.17) is 9.47 Å². The van der Waals surface area contributed by atoms with E-state index in [9.17, 15) is 13.2 Å². The number of rotatable bonds is 3. The van der Waals surface area contributed by atoms with Crippen molar-refractivity contribution >= 4 is 21.8 Å². The van der Waals surface area contributed by atoms with E-state index in [1.807, 2.05) is 11.0 Å². The Hall–Kier alpha value is -2.87. The van der Waals surface area contributed by atoms with Gasteiger partial charge in [-0.05, 0) is 37.1 Å². The van der Waals surface area contributed by atoms with Crippen LogP contribution in [0.25, 0.3) is 0 Å². The number of likely N-dealkylation sites (tertiary alicyclic amines) is 1. The number of nitrogens with zero attached hydrogens (tertiary/aromatic N) is 2. The van der Waals surface area contributed by atoms with Crippen LogP contribution in [-0.4, -0.2) is 45.3 Å². The van der Waals surface area contributed by atoms with Gasteiger partial charge in [0.1, 0.15) is 4.90 Å². The lowest BCUT2D eigenvalue weighted by Gasteiger charge is -2.32. The van der Waals surface area contributed by atoms with E-state index in [1.165, 1.54) is 7.11 Å². The van der Waals surface area contributed by atoms with Crippen LogP contribution in [0.1, 0.15) is 18.4 Å². The SMILES string of the molecule is COc1ccccc1OC(=O)C1CCN(C2=NS(=O)(=O)c3ccccc32)CC1. The van der Waals surface area contributed by atoms with Gasteiger partial charge in [-0.2, -0.15) is 8.42 Å². The third-order valence-electron chi connectivity index (χ3n) is 5.02. The van der Waals surface area contributed by atoms with E-state index in [0.717, 1.165) is 0 Å². The summed E-state index contributed by atoms with van der Waals surface area (Å²) in [7, 11) is -2.11. The van der Waals surface area contributed by atoms with Crippen molar-refractivity contribution in [2.75, 3.05) is 20.2 Å². The van der Waals surface area contributed by atoms with Crippen molar-refractivity contribution in [3.8, 4) is 11.5 Å². The maximum Gasteiger partial charge on any atom is 0.314 e. The fourth-order valence-electron chi connectivity index (χ4n) is 3.54. The Morgan fingerprint density at radius 1 is 1.04 bits per heavy atom. The lowest BCUT2D eigenvalue weighted by Crippen LogP contribution is -2.41. The van der Waals surface area contributed by atoms with E-state index < -0.39 is 10.0 Å². The number of piperidine rings is 1. The summed E-state index contributed by atoms with van der Waals surface area (Å²) in [6.07, 6.45) is 1.13. The molecule has 0 radical (unpaired) electrons. The van der Waals surface area contributed by atoms with Crippen molar-refractivity contribution in [3.05, 3.63) is 54.1 Å². The Morgan fingerprint density at radius 3 is 2.39 bits per heavy atom. The van der Waals surface area contributed by atoms with E-state index in [1.54, 1.807) is 42.5 Å². The Labute approximate surface area is 163 Å². The first-order valence-corrected chi connectivity index (χ1v) is 10.5.